The van der Waals surface area contributed by atoms with Crippen molar-refractivity contribution in [2.24, 2.45) is 17.8 Å². The zero-order valence-electron chi connectivity index (χ0n) is 13.0. The van der Waals surface area contributed by atoms with Crippen LogP contribution in [-0.4, -0.2) is 42.9 Å². The van der Waals surface area contributed by atoms with Crippen LogP contribution in [0, 0.1) is 17.8 Å². The van der Waals surface area contributed by atoms with Gasteiger partial charge in [-0.15, -0.1) is 0 Å². The highest BCUT2D eigenvalue weighted by atomic mass is 32.2. The van der Waals surface area contributed by atoms with E-state index in [1.807, 2.05) is 6.92 Å². The maximum atomic E-state index is 12.2. The van der Waals surface area contributed by atoms with Crippen LogP contribution in [0.5, 0.6) is 0 Å². The summed E-state index contributed by atoms with van der Waals surface area (Å²) in [6.07, 6.45) is 3.04. The van der Waals surface area contributed by atoms with Gasteiger partial charge < -0.3 is 10.4 Å². The maximum absolute atomic E-state index is 12.2. The predicted octanol–water partition coefficient (Wildman–Crippen LogP) is 1.06. The zero-order chi connectivity index (χ0) is 16.4. The Morgan fingerprint density at radius 1 is 1.24 bits per heavy atom. The molecule has 1 saturated carbocycles. The van der Waals surface area contributed by atoms with Crippen molar-refractivity contribution < 1.29 is 23.1 Å². The standard InChI is InChI=1S/C14H25NO5S/c1-5-9-6-10(11(7-9)13(17)18)12(16)15-8-14(2,3)21(4,19)20/h9-11H,5-8H2,1-4H3,(H,15,16)(H,17,18). The molecule has 0 aromatic carbocycles. The number of sulfone groups is 1. The van der Waals surface area contributed by atoms with Gasteiger partial charge in [-0.05, 0) is 32.6 Å². The lowest BCUT2D eigenvalue weighted by molar-refractivity contribution is -0.146. The number of hydrogen-bond donors (Lipinski definition) is 2. The van der Waals surface area contributed by atoms with Gasteiger partial charge in [0.2, 0.25) is 5.91 Å². The van der Waals surface area contributed by atoms with E-state index in [-0.39, 0.29) is 18.4 Å². The van der Waals surface area contributed by atoms with Gasteiger partial charge in [0.25, 0.3) is 0 Å². The smallest absolute Gasteiger partial charge is 0.307 e. The molecule has 0 aromatic heterocycles. The molecule has 1 amide bonds. The van der Waals surface area contributed by atoms with E-state index < -0.39 is 32.4 Å². The van der Waals surface area contributed by atoms with Crippen molar-refractivity contribution in [2.45, 2.75) is 44.8 Å². The van der Waals surface area contributed by atoms with Crippen molar-refractivity contribution in [3.8, 4) is 0 Å². The minimum Gasteiger partial charge on any atom is -0.481 e. The first-order chi connectivity index (χ1) is 9.49. The van der Waals surface area contributed by atoms with E-state index in [0.717, 1.165) is 12.7 Å². The third-order valence-corrected chi connectivity index (χ3v) is 6.74. The molecule has 1 aliphatic carbocycles. The fourth-order valence-corrected chi connectivity index (χ4v) is 2.94. The second kappa shape index (κ2) is 6.34. The Kier molecular flexibility index (Phi) is 5.41. The summed E-state index contributed by atoms with van der Waals surface area (Å²) in [5.41, 5.74) is 0. The van der Waals surface area contributed by atoms with E-state index in [2.05, 4.69) is 5.32 Å². The predicted molar refractivity (Wildman–Crippen MR) is 79.6 cm³/mol. The van der Waals surface area contributed by atoms with Crippen LogP contribution in [0.4, 0.5) is 0 Å². The molecule has 0 aromatic rings. The van der Waals surface area contributed by atoms with Gasteiger partial charge in [-0.1, -0.05) is 13.3 Å². The molecule has 7 heteroatoms. The van der Waals surface area contributed by atoms with E-state index in [9.17, 15) is 23.1 Å². The molecule has 3 atom stereocenters. The van der Waals surface area contributed by atoms with E-state index in [4.69, 9.17) is 0 Å². The van der Waals surface area contributed by atoms with Gasteiger partial charge in [-0.2, -0.15) is 0 Å². The summed E-state index contributed by atoms with van der Waals surface area (Å²) in [6.45, 7) is 5.06. The molecule has 0 aliphatic heterocycles. The minimum atomic E-state index is -3.30. The first kappa shape index (κ1) is 17.9. The number of nitrogens with one attached hydrogen (secondary N) is 1. The van der Waals surface area contributed by atoms with Crippen molar-refractivity contribution >= 4 is 21.7 Å². The summed E-state index contributed by atoms with van der Waals surface area (Å²) in [6, 6.07) is 0. The van der Waals surface area contributed by atoms with Crippen LogP contribution in [0.2, 0.25) is 0 Å². The molecule has 3 unspecified atom stereocenters. The van der Waals surface area contributed by atoms with Gasteiger partial charge in [0.05, 0.1) is 16.6 Å². The molecule has 0 radical (unpaired) electrons. The summed E-state index contributed by atoms with van der Waals surface area (Å²) in [4.78, 5) is 23.5. The molecule has 1 fully saturated rings. The number of hydrogen-bond acceptors (Lipinski definition) is 4. The summed E-state index contributed by atoms with van der Waals surface area (Å²) >= 11 is 0. The van der Waals surface area contributed by atoms with E-state index in [1.165, 1.54) is 0 Å². The number of carboxylic acids is 1. The molecule has 0 bridgehead atoms. The lowest BCUT2D eigenvalue weighted by Crippen LogP contribution is -2.46. The molecule has 6 nitrogen and oxygen atoms in total. The van der Waals surface area contributed by atoms with Crippen molar-refractivity contribution in [2.75, 3.05) is 12.8 Å². The van der Waals surface area contributed by atoms with Crippen LogP contribution in [0.1, 0.15) is 40.0 Å². The third-order valence-electron chi connectivity index (χ3n) is 4.58. The quantitative estimate of drug-likeness (QED) is 0.762. The number of aliphatic carboxylic acids is 1. The average Bonchev–Trinajstić information content (AvgIpc) is 2.79. The van der Waals surface area contributed by atoms with Gasteiger partial charge in [-0.3, -0.25) is 9.59 Å². The molecular formula is C14H25NO5S. The van der Waals surface area contributed by atoms with Crippen LogP contribution >= 0.6 is 0 Å². The number of rotatable bonds is 6. The highest BCUT2D eigenvalue weighted by molar-refractivity contribution is 7.92. The molecule has 0 heterocycles. The second-order valence-electron chi connectivity index (χ2n) is 6.55. The molecule has 21 heavy (non-hydrogen) atoms. The molecule has 1 rings (SSSR count). The Bertz CT molecular complexity index is 511. The minimum absolute atomic E-state index is 0.00963. The van der Waals surface area contributed by atoms with Crippen molar-refractivity contribution in [3.05, 3.63) is 0 Å². The molecule has 0 spiro atoms. The van der Waals surface area contributed by atoms with Crippen LogP contribution < -0.4 is 5.32 Å². The lowest BCUT2D eigenvalue weighted by Gasteiger charge is -2.24. The maximum Gasteiger partial charge on any atom is 0.307 e. The second-order valence-corrected chi connectivity index (χ2v) is 9.20. The largest absolute Gasteiger partial charge is 0.481 e. The molecule has 2 N–H and O–H groups in total. The van der Waals surface area contributed by atoms with E-state index >= 15 is 0 Å². The van der Waals surface area contributed by atoms with Gasteiger partial charge in [-0.25, -0.2) is 8.42 Å². The fraction of sp³-hybridized carbons (Fsp3) is 0.857. The topological polar surface area (TPSA) is 101 Å². The molecule has 122 valence electrons. The van der Waals surface area contributed by atoms with Crippen molar-refractivity contribution in [3.63, 3.8) is 0 Å². The Balaban J connectivity index is 2.73. The summed E-state index contributed by atoms with van der Waals surface area (Å²) in [5, 5.41) is 11.8. The van der Waals surface area contributed by atoms with Gasteiger partial charge in [0.1, 0.15) is 0 Å². The average molecular weight is 319 g/mol. The van der Waals surface area contributed by atoms with Crippen LogP contribution in [0.3, 0.4) is 0 Å². The van der Waals surface area contributed by atoms with Crippen LogP contribution in [0.15, 0.2) is 0 Å². The number of carbonyl (C=O) groups is 2. The molecular weight excluding hydrogens is 294 g/mol. The van der Waals surface area contributed by atoms with E-state index in [1.54, 1.807) is 13.8 Å². The monoisotopic (exact) mass is 319 g/mol. The Morgan fingerprint density at radius 3 is 2.19 bits per heavy atom. The van der Waals surface area contributed by atoms with Crippen molar-refractivity contribution in [1.82, 2.24) is 5.32 Å². The summed E-state index contributed by atoms with van der Waals surface area (Å²) in [5.74, 6) is -2.30. The Hall–Kier alpha value is -1.11. The SMILES string of the molecule is CCC1CC(C(=O)O)C(C(=O)NCC(C)(C)S(C)(=O)=O)C1. The highest BCUT2D eigenvalue weighted by Gasteiger charge is 2.42. The molecule has 0 saturated heterocycles. The first-order valence-corrected chi connectivity index (χ1v) is 9.09. The Labute approximate surface area is 126 Å². The van der Waals surface area contributed by atoms with Crippen molar-refractivity contribution in [1.29, 1.82) is 0 Å². The number of carbonyl (C=O) groups excluding carboxylic acids is 1. The molecule has 1 aliphatic rings. The Morgan fingerprint density at radius 2 is 1.76 bits per heavy atom. The van der Waals surface area contributed by atoms with Gasteiger partial charge >= 0.3 is 5.97 Å². The first-order valence-electron chi connectivity index (χ1n) is 7.19. The number of carboxylic acid groups (broad SMARTS) is 1. The van der Waals surface area contributed by atoms with Gasteiger partial charge in [0, 0.05) is 12.8 Å². The summed E-state index contributed by atoms with van der Waals surface area (Å²) in [7, 11) is -3.30. The fourth-order valence-electron chi connectivity index (χ4n) is 2.60. The third kappa shape index (κ3) is 4.18. The summed E-state index contributed by atoms with van der Waals surface area (Å²) < 4.78 is 22.2. The van der Waals surface area contributed by atoms with E-state index in [0.29, 0.717) is 12.8 Å². The zero-order valence-corrected chi connectivity index (χ0v) is 13.9. The normalized spacial score (nSPS) is 26.6. The number of amides is 1. The lowest BCUT2D eigenvalue weighted by atomic mass is 9.95. The van der Waals surface area contributed by atoms with Gasteiger partial charge in [0.15, 0.2) is 9.84 Å². The van der Waals surface area contributed by atoms with Crippen LogP contribution in [-0.2, 0) is 19.4 Å². The van der Waals surface area contributed by atoms with Crippen LogP contribution in [0.25, 0.3) is 0 Å². The highest BCUT2D eigenvalue weighted by Crippen LogP contribution is 2.38.